The van der Waals surface area contributed by atoms with Gasteiger partial charge in [-0.1, -0.05) is 6.92 Å². The maximum absolute atomic E-state index is 4.89. The minimum atomic E-state index is 0.426. The van der Waals surface area contributed by atoms with Crippen LogP contribution in [0.5, 0.6) is 0 Å². The van der Waals surface area contributed by atoms with Crippen LogP contribution in [-0.4, -0.2) is 55.1 Å². The lowest BCUT2D eigenvalue weighted by molar-refractivity contribution is 0.174. The van der Waals surface area contributed by atoms with Crippen LogP contribution < -0.4 is 4.90 Å². The number of aromatic nitrogens is 5. The van der Waals surface area contributed by atoms with Crippen LogP contribution >= 0.6 is 0 Å². The Morgan fingerprint density at radius 1 is 1.07 bits per heavy atom. The number of hydrogen-bond acceptors (Lipinski definition) is 6. The number of hydrogen-bond donors (Lipinski definition) is 0. The summed E-state index contributed by atoms with van der Waals surface area (Å²) in [7, 11) is 0. The van der Waals surface area contributed by atoms with Crippen LogP contribution in [0.15, 0.2) is 43.0 Å². The predicted molar refractivity (Wildman–Crippen MR) is 115 cm³/mol. The van der Waals surface area contributed by atoms with Gasteiger partial charge in [0.25, 0.3) is 0 Å². The Labute approximate surface area is 172 Å². The van der Waals surface area contributed by atoms with E-state index in [4.69, 9.17) is 9.97 Å². The summed E-state index contributed by atoms with van der Waals surface area (Å²) in [5.41, 5.74) is 2.08. The van der Waals surface area contributed by atoms with Crippen molar-refractivity contribution < 1.29 is 0 Å². The van der Waals surface area contributed by atoms with Gasteiger partial charge in [-0.15, -0.1) is 0 Å². The highest BCUT2D eigenvalue weighted by Gasteiger charge is 2.26. The number of anilines is 1. The summed E-state index contributed by atoms with van der Waals surface area (Å²) in [6, 6.07) is 6.50. The Kier molecular flexibility index (Phi) is 5.85. The van der Waals surface area contributed by atoms with Gasteiger partial charge < -0.3 is 9.47 Å². The molecule has 0 aliphatic carbocycles. The maximum atomic E-state index is 4.89. The average molecular weight is 392 g/mol. The molecule has 7 heteroatoms. The molecular formula is C22H29N7. The Morgan fingerprint density at radius 2 is 1.90 bits per heavy atom. The highest BCUT2D eigenvalue weighted by molar-refractivity contribution is 5.57. The standard InChI is InChI=1S/C22H29N7/c1-4-19-14-20(26-22(25-19)18-6-8-23-9-7-18)29-13-12-28(17(3)15-29)16-21-24-10-11-27(21)5-2/h6-11,14,17H,4-5,12-13,15-16H2,1-3H3/t17-/m1/s1. The van der Waals surface area contributed by atoms with E-state index in [-0.39, 0.29) is 0 Å². The summed E-state index contributed by atoms with van der Waals surface area (Å²) < 4.78 is 2.22. The van der Waals surface area contributed by atoms with E-state index < -0.39 is 0 Å². The topological polar surface area (TPSA) is 63.0 Å². The smallest absolute Gasteiger partial charge is 0.161 e. The van der Waals surface area contributed by atoms with Gasteiger partial charge in [-0.05, 0) is 32.4 Å². The lowest BCUT2D eigenvalue weighted by atomic mass is 10.1. The molecule has 29 heavy (non-hydrogen) atoms. The summed E-state index contributed by atoms with van der Waals surface area (Å²) >= 11 is 0. The molecule has 1 aliphatic rings. The van der Waals surface area contributed by atoms with E-state index in [0.717, 1.165) is 67.9 Å². The zero-order valence-corrected chi connectivity index (χ0v) is 17.5. The van der Waals surface area contributed by atoms with Crippen LogP contribution in [-0.2, 0) is 19.5 Å². The molecule has 1 fully saturated rings. The van der Waals surface area contributed by atoms with Gasteiger partial charge in [0.05, 0.1) is 6.54 Å². The Balaban J connectivity index is 1.51. The molecule has 4 rings (SSSR count). The van der Waals surface area contributed by atoms with E-state index in [1.807, 2.05) is 18.3 Å². The molecule has 0 amide bonds. The first kappa shape index (κ1) is 19.5. The molecule has 3 aromatic heterocycles. The summed E-state index contributed by atoms with van der Waals surface area (Å²) in [5.74, 6) is 2.94. The number of piperazine rings is 1. The van der Waals surface area contributed by atoms with Gasteiger partial charge in [0.15, 0.2) is 5.82 Å². The van der Waals surface area contributed by atoms with Crippen molar-refractivity contribution in [2.45, 2.75) is 46.3 Å². The molecular weight excluding hydrogens is 362 g/mol. The zero-order chi connectivity index (χ0) is 20.2. The number of aryl methyl sites for hydroxylation is 2. The molecule has 1 aliphatic heterocycles. The zero-order valence-electron chi connectivity index (χ0n) is 17.5. The Morgan fingerprint density at radius 3 is 2.62 bits per heavy atom. The summed E-state index contributed by atoms with van der Waals surface area (Å²) in [6.45, 7) is 11.3. The molecule has 7 nitrogen and oxygen atoms in total. The van der Waals surface area contributed by atoms with Gasteiger partial charge in [-0.25, -0.2) is 15.0 Å². The molecule has 1 saturated heterocycles. The second-order valence-corrected chi connectivity index (χ2v) is 7.53. The lowest BCUT2D eigenvalue weighted by Gasteiger charge is -2.40. The van der Waals surface area contributed by atoms with Crippen LogP contribution in [0.1, 0.15) is 32.3 Å². The van der Waals surface area contributed by atoms with E-state index in [2.05, 4.69) is 57.4 Å². The van der Waals surface area contributed by atoms with Crippen molar-refractivity contribution >= 4 is 5.82 Å². The average Bonchev–Trinajstić information content (AvgIpc) is 3.22. The van der Waals surface area contributed by atoms with Crippen LogP contribution in [0.2, 0.25) is 0 Å². The highest BCUT2D eigenvalue weighted by Crippen LogP contribution is 2.23. The summed E-state index contributed by atoms with van der Waals surface area (Å²) in [5, 5.41) is 0. The largest absolute Gasteiger partial charge is 0.354 e. The molecule has 0 radical (unpaired) electrons. The van der Waals surface area contributed by atoms with Gasteiger partial charge in [0.1, 0.15) is 11.6 Å². The third-order valence-electron chi connectivity index (χ3n) is 5.64. The Hall–Kier alpha value is -2.80. The van der Waals surface area contributed by atoms with Gasteiger partial charge in [-0.3, -0.25) is 9.88 Å². The van der Waals surface area contributed by atoms with Gasteiger partial charge in [0.2, 0.25) is 0 Å². The molecule has 0 saturated carbocycles. The summed E-state index contributed by atoms with van der Waals surface area (Å²) in [6.07, 6.45) is 8.43. The van der Waals surface area contributed by atoms with Crippen LogP contribution in [0.4, 0.5) is 5.82 Å². The monoisotopic (exact) mass is 391 g/mol. The first-order valence-electron chi connectivity index (χ1n) is 10.4. The maximum Gasteiger partial charge on any atom is 0.161 e. The van der Waals surface area contributed by atoms with Crippen molar-refractivity contribution in [3.63, 3.8) is 0 Å². The third kappa shape index (κ3) is 4.29. The van der Waals surface area contributed by atoms with Crippen molar-refractivity contribution in [1.29, 1.82) is 0 Å². The van der Waals surface area contributed by atoms with Crippen molar-refractivity contribution in [3.05, 3.63) is 54.5 Å². The lowest BCUT2D eigenvalue weighted by Crippen LogP contribution is -2.52. The fourth-order valence-electron chi connectivity index (χ4n) is 3.86. The minimum absolute atomic E-state index is 0.426. The van der Waals surface area contributed by atoms with Crippen molar-refractivity contribution in [3.8, 4) is 11.4 Å². The van der Waals surface area contributed by atoms with Crippen LogP contribution in [0.3, 0.4) is 0 Å². The van der Waals surface area contributed by atoms with Crippen molar-refractivity contribution in [2.24, 2.45) is 0 Å². The fraction of sp³-hybridized carbons (Fsp3) is 0.455. The SMILES string of the molecule is CCc1cc(N2CCN(Cc3nccn3CC)[C@H](C)C2)nc(-c2ccncc2)n1. The molecule has 0 bridgehead atoms. The predicted octanol–water partition coefficient (Wildman–Crippen LogP) is 3.03. The van der Waals surface area contributed by atoms with Gasteiger partial charge in [-0.2, -0.15) is 0 Å². The van der Waals surface area contributed by atoms with E-state index in [1.54, 1.807) is 12.4 Å². The van der Waals surface area contributed by atoms with E-state index >= 15 is 0 Å². The minimum Gasteiger partial charge on any atom is -0.354 e. The van der Waals surface area contributed by atoms with Gasteiger partial charge in [0, 0.05) is 74.3 Å². The van der Waals surface area contributed by atoms with Crippen molar-refractivity contribution in [1.82, 2.24) is 29.4 Å². The molecule has 4 heterocycles. The molecule has 152 valence electrons. The first-order valence-corrected chi connectivity index (χ1v) is 10.4. The molecule has 0 N–H and O–H groups in total. The van der Waals surface area contributed by atoms with Crippen LogP contribution in [0.25, 0.3) is 11.4 Å². The number of nitrogens with zero attached hydrogens (tertiary/aromatic N) is 7. The normalized spacial score (nSPS) is 17.6. The molecule has 3 aromatic rings. The number of pyridine rings is 1. The molecule has 0 unspecified atom stereocenters. The number of imidazole rings is 1. The van der Waals surface area contributed by atoms with E-state index in [9.17, 15) is 0 Å². The molecule has 0 spiro atoms. The number of rotatable bonds is 6. The molecule has 1 atom stereocenters. The van der Waals surface area contributed by atoms with E-state index in [0.29, 0.717) is 6.04 Å². The second kappa shape index (κ2) is 8.69. The van der Waals surface area contributed by atoms with Crippen LogP contribution in [0, 0.1) is 0 Å². The quantitative estimate of drug-likeness (QED) is 0.644. The van der Waals surface area contributed by atoms with Gasteiger partial charge >= 0.3 is 0 Å². The second-order valence-electron chi connectivity index (χ2n) is 7.53. The summed E-state index contributed by atoms with van der Waals surface area (Å²) in [4.78, 5) is 23.2. The van der Waals surface area contributed by atoms with E-state index in [1.165, 1.54) is 0 Å². The fourth-order valence-corrected chi connectivity index (χ4v) is 3.86. The first-order chi connectivity index (χ1) is 14.2. The highest BCUT2D eigenvalue weighted by atomic mass is 15.3. The molecule has 0 aromatic carbocycles. The van der Waals surface area contributed by atoms with Crippen molar-refractivity contribution in [2.75, 3.05) is 24.5 Å². The third-order valence-corrected chi connectivity index (χ3v) is 5.64. The Bertz CT molecular complexity index is 937.